The van der Waals surface area contributed by atoms with Gasteiger partial charge in [0.15, 0.2) is 0 Å². The predicted molar refractivity (Wildman–Crippen MR) is 122 cm³/mol. The SMILES string of the molecule is CCCNC(=O)[C@@H]1[C@@H]2CC(C)C3(S2)C(C(=O)NC(C)C)N([C@@H](CO)[C@@H](C)CC)C(=O)[C@H]13. The lowest BCUT2D eigenvalue weighted by Gasteiger charge is -2.41. The van der Waals surface area contributed by atoms with Gasteiger partial charge >= 0.3 is 0 Å². The summed E-state index contributed by atoms with van der Waals surface area (Å²) < 4.78 is -0.629. The van der Waals surface area contributed by atoms with Crippen molar-refractivity contribution in [3.05, 3.63) is 0 Å². The number of thioether (sulfide) groups is 1. The number of aliphatic hydroxyl groups is 1. The van der Waals surface area contributed by atoms with E-state index in [-0.39, 0.29) is 47.5 Å². The number of fused-ring (bicyclic) bond motifs is 1. The first-order chi connectivity index (χ1) is 14.6. The van der Waals surface area contributed by atoms with Gasteiger partial charge in [0.25, 0.3) is 0 Å². The average molecular weight is 454 g/mol. The van der Waals surface area contributed by atoms with Crippen LogP contribution in [0.25, 0.3) is 0 Å². The number of carbonyl (C=O) groups excluding carboxylic acids is 3. The molecule has 1 spiro atoms. The second kappa shape index (κ2) is 9.30. The Morgan fingerprint density at radius 3 is 2.48 bits per heavy atom. The first-order valence-corrected chi connectivity index (χ1v) is 12.7. The average Bonchev–Trinajstić information content (AvgIpc) is 3.30. The number of hydrogen-bond donors (Lipinski definition) is 3. The van der Waals surface area contributed by atoms with Crippen molar-refractivity contribution in [2.75, 3.05) is 13.2 Å². The highest BCUT2D eigenvalue weighted by atomic mass is 32.2. The summed E-state index contributed by atoms with van der Waals surface area (Å²) in [6.07, 6.45) is 2.45. The van der Waals surface area contributed by atoms with Crippen molar-refractivity contribution >= 4 is 29.5 Å². The molecule has 0 aromatic heterocycles. The fraction of sp³-hybridized carbons (Fsp3) is 0.870. The number of nitrogens with zero attached hydrogens (tertiary/aromatic N) is 1. The normalized spacial score (nSPS) is 35.9. The van der Waals surface area contributed by atoms with Crippen LogP contribution >= 0.6 is 11.8 Å². The topological polar surface area (TPSA) is 98.7 Å². The van der Waals surface area contributed by atoms with Crippen LogP contribution < -0.4 is 10.6 Å². The minimum absolute atomic E-state index is 0.0448. The molecular formula is C23H39N3O4S. The Hall–Kier alpha value is -1.28. The molecule has 7 nitrogen and oxygen atoms in total. The van der Waals surface area contributed by atoms with Gasteiger partial charge in [0.1, 0.15) is 6.04 Å². The Morgan fingerprint density at radius 1 is 1.26 bits per heavy atom. The van der Waals surface area contributed by atoms with Crippen LogP contribution in [-0.4, -0.2) is 69.0 Å². The summed E-state index contributed by atoms with van der Waals surface area (Å²) in [5.41, 5.74) is 0. The zero-order valence-corrected chi connectivity index (χ0v) is 20.5. The van der Waals surface area contributed by atoms with Gasteiger partial charge in [-0.1, -0.05) is 34.1 Å². The molecule has 176 valence electrons. The van der Waals surface area contributed by atoms with Crippen LogP contribution in [0.5, 0.6) is 0 Å². The van der Waals surface area contributed by atoms with E-state index in [4.69, 9.17) is 0 Å². The van der Waals surface area contributed by atoms with E-state index in [1.807, 2.05) is 34.6 Å². The second-order valence-corrected chi connectivity index (χ2v) is 11.4. The summed E-state index contributed by atoms with van der Waals surface area (Å²) in [6, 6.07) is -1.17. The summed E-state index contributed by atoms with van der Waals surface area (Å²) in [6.45, 7) is 12.4. The molecular weight excluding hydrogens is 414 g/mol. The number of aliphatic hydroxyl groups excluding tert-OH is 1. The van der Waals surface area contributed by atoms with Gasteiger partial charge in [-0.15, -0.1) is 11.8 Å². The second-order valence-electron chi connectivity index (χ2n) is 9.89. The largest absolute Gasteiger partial charge is 0.394 e. The van der Waals surface area contributed by atoms with Gasteiger partial charge in [0, 0.05) is 17.8 Å². The zero-order valence-electron chi connectivity index (χ0n) is 19.7. The molecule has 31 heavy (non-hydrogen) atoms. The Labute approximate surface area is 190 Å². The first-order valence-electron chi connectivity index (χ1n) is 11.8. The molecule has 2 bridgehead atoms. The summed E-state index contributed by atoms with van der Waals surface area (Å²) in [7, 11) is 0. The van der Waals surface area contributed by atoms with Gasteiger partial charge in [0.2, 0.25) is 17.7 Å². The molecule has 3 fully saturated rings. The molecule has 8 heteroatoms. The standard InChI is InChI=1S/C23H39N3O4S/c1-7-9-24-20(28)17-16-10-14(6)23(31-16)18(17)22(30)26(15(11-27)13(5)8-2)19(23)21(29)25-12(3)4/h12-19,27H,7-11H2,1-6H3,(H,24,28)(H,25,29)/t13-,14?,15-,16-,17+,18-,19?,23?/m0/s1. The third kappa shape index (κ3) is 3.77. The molecule has 0 radical (unpaired) electrons. The molecule has 3 heterocycles. The Balaban J connectivity index is 2.09. The van der Waals surface area contributed by atoms with E-state index in [1.165, 1.54) is 0 Å². The number of likely N-dealkylation sites (tertiary alicyclic amines) is 1. The van der Waals surface area contributed by atoms with Crippen LogP contribution in [0.1, 0.15) is 60.8 Å². The molecule has 0 aliphatic carbocycles. The van der Waals surface area contributed by atoms with E-state index in [0.717, 1.165) is 19.3 Å². The highest BCUT2D eigenvalue weighted by Crippen LogP contribution is 2.68. The van der Waals surface area contributed by atoms with Crippen molar-refractivity contribution in [1.29, 1.82) is 0 Å². The summed E-state index contributed by atoms with van der Waals surface area (Å²) >= 11 is 1.68. The maximum absolute atomic E-state index is 14.0. The number of hydrogen-bond acceptors (Lipinski definition) is 5. The Bertz CT molecular complexity index is 717. The molecule has 3 unspecified atom stereocenters. The van der Waals surface area contributed by atoms with E-state index < -0.39 is 28.7 Å². The number of carbonyl (C=O) groups is 3. The predicted octanol–water partition coefficient (Wildman–Crippen LogP) is 1.78. The van der Waals surface area contributed by atoms with Crippen molar-refractivity contribution in [3.63, 3.8) is 0 Å². The maximum Gasteiger partial charge on any atom is 0.244 e. The van der Waals surface area contributed by atoms with Crippen molar-refractivity contribution in [1.82, 2.24) is 15.5 Å². The molecule has 3 N–H and O–H groups in total. The summed E-state index contributed by atoms with van der Waals surface area (Å²) in [4.78, 5) is 42.3. The van der Waals surface area contributed by atoms with Gasteiger partial charge < -0.3 is 20.6 Å². The molecule has 0 aromatic rings. The summed E-state index contributed by atoms with van der Waals surface area (Å²) in [5.74, 6) is -1.14. The Morgan fingerprint density at radius 2 is 1.94 bits per heavy atom. The molecule has 0 aromatic carbocycles. The van der Waals surface area contributed by atoms with Crippen molar-refractivity contribution in [2.24, 2.45) is 23.7 Å². The number of rotatable bonds is 9. The Kier molecular flexibility index (Phi) is 7.31. The summed E-state index contributed by atoms with van der Waals surface area (Å²) in [5, 5.41) is 16.3. The molecule has 3 aliphatic rings. The van der Waals surface area contributed by atoms with Crippen LogP contribution in [-0.2, 0) is 14.4 Å². The van der Waals surface area contributed by atoms with Crippen LogP contribution in [0.15, 0.2) is 0 Å². The fourth-order valence-corrected chi connectivity index (χ4v) is 8.37. The fourth-order valence-electron chi connectivity index (χ4n) is 5.96. The van der Waals surface area contributed by atoms with Crippen LogP contribution in [0.2, 0.25) is 0 Å². The lowest BCUT2D eigenvalue weighted by Crippen LogP contribution is -2.60. The van der Waals surface area contributed by atoms with Crippen molar-refractivity contribution in [2.45, 2.75) is 88.9 Å². The van der Waals surface area contributed by atoms with Crippen molar-refractivity contribution < 1.29 is 19.5 Å². The maximum atomic E-state index is 14.0. The minimum Gasteiger partial charge on any atom is -0.394 e. The zero-order chi connectivity index (χ0) is 23.1. The molecule has 3 aliphatic heterocycles. The van der Waals surface area contributed by atoms with Gasteiger partial charge in [-0.05, 0) is 38.5 Å². The van der Waals surface area contributed by atoms with Gasteiger partial charge in [-0.25, -0.2) is 0 Å². The van der Waals surface area contributed by atoms with E-state index in [2.05, 4.69) is 17.6 Å². The molecule has 3 amide bonds. The van der Waals surface area contributed by atoms with Crippen molar-refractivity contribution in [3.8, 4) is 0 Å². The van der Waals surface area contributed by atoms with Gasteiger partial charge in [0.05, 0.1) is 29.2 Å². The van der Waals surface area contributed by atoms with E-state index >= 15 is 0 Å². The third-order valence-corrected chi connectivity index (χ3v) is 9.64. The van der Waals surface area contributed by atoms with E-state index in [9.17, 15) is 19.5 Å². The molecule has 8 atom stereocenters. The van der Waals surface area contributed by atoms with Crippen LogP contribution in [0.4, 0.5) is 0 Å². The van der Waals surface area contributed by atoms with Crippen LogP contribution in [0.3, 0.4) is 0 Å². The lowest BCUT2D eigenvalue weighted by molar-refractivity contribution is -0.144. The lowest BCUT2D eigenvalue weighted by atomic mass is 9.66. The number of nitrogens with one attached hydrogen (secondary N) is 2. The third-order valence-electron chi connectivity index (χ3n) is 7.56. The minimum atomic E-state index is -0.674. The van der Waals surface area contributed by atoms with Crippen LogP contribution in [0, 0.1) is 23.7 Å². The highest BCUT2D eigenvalue weighted by molar-refractivity contribution is 8.02. The quantitative estimate of drug-likeness (QED) is 0.494. The highest BCUT2D eigenvalue weighted by Gasteiger charge is 2.76. The molecule has 3 rings (SSSR count). The first kappa shape index (κ1) is 24.4. The smallest absolute Gasteiger partial charge is 0.244 e. The van der Waals surface area contributed by atoms with Gasteiger partial charge in [-0.3, -0.25) is 14.4 Å². The monoisotopic (exact) mass is 453 g/mol. The number of amides is 3. The molecule has 0 saturated carbocycles. The van der Waals surface area contributed by atoms with E-state index in [1.54, 1.807) is 16.7 Å². The molecule has 3 saturated heterocycles. The van der Waals surface area contributed by atoms with Gasteiger partial charge in [-0.2, -0.15) is 0 Å². The van der Waals surface area contributed by atoms with E-state index in [0.29, 0.717) is 6.54 Å².